The normalized spacial score (nSPS) is 11.5. The van der Waals surface area contributed by atoms with Crippen LogP contribution in [0.25, 0.3) is 11.1 Å². The molecule has 18 heavy (non-hydrogen) atoms. The lowest BCUT2D eigenvalue weighted by Gasteiger charge is -2.00. The molecule has 0 aliphatic heterocycles. The standard InChI is InChI=1S/C11H10N4O3/c1-15-9-4-7(13-14-8(5-12)6-16)2-3-10(9)18-11(15)17/h2-6,12-13H,1H3/b12-5?,14-8+. The highest BCUT2D eigenvalue weighted by Gasteiger charge is 2.05. The van der Waals surface area contributed by atoms with Gasteiger partial charge in [-0.15, -0.1) is 0 Å². The molecule has 2 rings (SSSR count). The van der Waals surface area contributed by atoms with Crippen molar-refractivity contribution in [2.24, 2.45) is 12.1 Å². The van der Waals surface area contributed by atoms with E-state index < -0.39 is 5.76 Å². The van der Waals surface area contributed by atoms with Crippen LogP contribution in [0.4, 0.5) is 5.69 Å². The number of aldehydes is 1. The number of hydrazone groups is 1. The maximum absolute atomic E-state index is 11.3. The number of aromatic nitrogens is 1. The Hall–Kier alpha value is -2.70. The minimum absolute atomic E-state index is 0.0313. The predicted molar refractivity (Wildman–Crippen MR) is 67.4 cm³/mol. The highest BCUT2D eigenvalue weighted by molar-refractivity contribution is 6.53. The highest BCUT2D eigenvalue weighted by atomic mass is 16.4. The molecule has 92 valence electrons. The molecule has 1 aromatic heterocycles. The Morgan fingerprint density at radius 3 is 3.00 bits per heavy atom. The van der Waals surface area contributed by atoms with Crippen LogP contribution in [-0.4, -0.2) is 22.8 Å². The molecular weight excluding hydrogens is 236 g/mol. The minimum atomic E-state index is -0.446. The first-order chi connectivity index (χ1) is 8.65. The number of hydrogen-bond acceptors (Lipinski definition) is 6. The number of rotatable bonds is 4. The SMILES string of the molecule is Cn1c(=O)oc2ccc(N/N=C(\C=N)C=O)cc21. The van der Waals surface area contributed by atoms with Gasteiger partial charge in [0.1, 0.15) is 5.71 Å². The van der Waals surface area contributed by atoms with Crippen molar-refractivity contribution in [1.29, 1.82) is 5.41 Å². The molecule has 0 saturated heterocycles. The summed E-state index contributed by atoms with van der Waals surface area (Å²) in [6, 6.07) is 4.94. The van der Waals surface area contributed by atoms with E-state index in [1.165, 1.54) is 4.57 Å². The molecule has 0 aliphatic carbocycles. The van der Waals surface area contributed by atoms with Crippen molar-refractivity contribution in [2.45, 2.75) is 0 Å². The quantitative estimate of drug-likeness (QED) is 0.472. The predicted octanol–water partition coefficient (Wildman–Crippen LogP) is 0.748. The van der Waals surface area contributed by atoms with Gasteiger partial charge in [-0.2, -0.15) is 5.10 Å². The Labute approximate surface area is 101 Å². The van der Waals surface area contributed by atoms with E-state index in [1.54, 1.807) is 25.2 Å². The smallest absolute Gasteiger partial charge is 0.408 e. The molecule has 0 saturated carbocycles. The molecular formula is C11H10N4O3. The van der Waals surface area contributed by atoms with E-state index in [1.807, 2.05) is 0 Å². The van der Waals surface area contributed by atoms with Crippen molar-refractivity contribution >= 4 is 35.0 Å². The fraction of sp³-hybridized carbons (Fsp3) is 0.0909. The van der Waals surface area contributed by atoms with E-state index in [0.29, 0.717) is 23.1 Å². The molecule has 0 atom stereocenters. The average Bonchev–Trinajstić information content (AvgIpc) is 2.67. The van der Waals surface area contributed by atoms with Gasteiger partial charge in [-0.1, -0.05) is 0 Å². The summed E-state index contributed by atoms with van der Waals surface area (Å²) in [6.07, 6.45) is 1.30. The van der Waals surface area contributed by atoms with E-state index in [2.05, 4.69) is 10.5 Å². The van der Waals surface area contributed by atoms with Gasteiger partial charge in [-0.25, -0.2) is 4.79 Å². The lowest BCUT2D eigenvalue weighted by atomic mass is 10.3. The summed E-state index contributed by atoms with van der Waals surface area (Å²) in [7, 11) is 1.59. The molecule has 0 radical (unpaired) electrons. The topological polar surface area (TPSA) is 100 Å². The van der Waals surface area contributed by atoms with Crippen LogP contribution in [0, 0.1) is 5.41 Å². The zero-order chi connectivity index (χ0) is 13.1. The molecule has 0 unspecified atom stereocenters. The maximum Gasteiger partial charge on any atom is 0.419 e. The summed E-state index contributed by atoms with van der Waals surface area (Å²) in [5.41, 5.74) is 4.26. The monoisotopic (exact) mass is 246 g/mol. The van der Waals surface area contributed by atoms with Crippen LogP contribution in [0.15, 0.2) is 32.5 Å². The molecule has 2 aromatic rings. The van der Waals surface area contributed by atoms with Gasteiger partial charge in [0.25, 0.3) is 0 Å². The second kappa shape index (κ2) is 4.66. The zero-order valence-electron chi connectivity index (χ0n) is 9.51. The van der Waals surface area contributed by atoms with Crippen molar-refractivity contribution in [3.8, 4) is 0 Å². The second-order valence-electron chi connectivity index (χ2n) is 3.52. The van der Waals surface area contributed by atoms with Gasteiger partial charge in [0.05, 0.1) is 11.2 Å². The number of aryl methyl sites for hydroxylation is 1. The number of nitrogens with zero attached hydrogens (tertiary/aromatic N) is 2. The molecule has 2 N–H and O–H groups in total. The summed E-state index contributed by atoms with van der Waals surface area (Å²) < 4.78 is 6.34. The summed E-state index contributed by atoms with van der Waals surface area (Å²) in [5.74, 6) is -0.446. The fourth-order valence-corrected chi connectivity index (χ4v) is 1.42. The number of anilines is 1. The van der Waals surface area contributed by atoms with E-state index in [0.717, 1.165) is 6.21 Å². The van der Waals surface area contributed by atoms with Crippen LogP contribution in [-0.2, 0) is 11.8 Å². The average molecular weight is 246 g/mol. The number of oxazole rings is 1. The third-order valence-corrected chi connectivity index (χ3v) is 2.37. The summed E-state index contributed by atoms with van der Waals surface area (Å²) in [4.78, 5) is 21.7. The largest absolute Gasteiger partial charge is 0.419 e. The highest BCUT2D eigenvalue weighted by Crippen LogP contribution is 2.17. The third-order valence-electron chi connectivity index (χ3n) is 2.37. The third kappa shape index (κ3) is 2.05. The molecule has 0 aliphatic rings. The number of carbonyl (C=O) groups is 1. The minimum Gasteiger partial charge on any atom is -0.408 e. The van der Waals surface area contributed by atoms with Gasteiger partial charge in [0.2, 0.25) is 0 Å². The first-order valence-electron chi connectivity index (χ1n) is 5.04. The van der Waals surface area contributed by atoms with Crippen molar-refractivity contribution in [3.05, 3.63) is 28.7 Å². The lowest BCUT2D eigenvalue weighted by Crippen LogP contribution is -2.08. The maximum atomic E-state index is 11.3. The van der Waals surface area contributed by atoms with E-state index in [-0.39, 0.29) is 5.71 Å². The molecule has 0 bridgehead atoms. The Balaban J connectivity index is 2.38. The van der Waals surface area contributed by atoms with Crippen LogP contribution in [0.2, 0.25) is 0 Å². The molecule has 0 spiro atoms. The van der Waals surface area contributed by atoms with Crippen LogP contribution < -0.4 is 11.2 Å². The van der Waals surface area contributed by atoms with E-state index in [9.17, 15) is 9.59 Å². The van der Waals surface area contributed by atoms with Crippen molar-refractivity contribution in [3.63, 3.8) is 0 Å². The zero-order valence-corrected chi connectivity index (χ0v) is 9.51. The van der Waals surface area contributed by atoms with Gasteiger partial charge in [0, 0.05) is 13.3 Å². The van der Waals surface area contributed by atoms with E-state index >= 15 is 0 Å². The number of carbonyl (C=O) groups excluding carboxylic acids is 1. The van der Waals surface area contributed by atoms with Crippen LogP contribution in [0.5, 0.6) is 0 Å². The van der Waals surface area contributed by atoms with Gasteiger partial charge in [-0.05, 0) is 18.2 Å². The Morgan fingerprint density at radius 1 is 1.56 bits per heavy atom. The Kier molecular flexibility index (Phi) is 3.05. The van der Waals surface area contributed by atoms with E-state index in [4.69, 9.17) is 9.83 Å². The van der Waals surface area contributed by atoms with Gasteiger partial charge in [0.15, 0.2) is 11.9 Å². The van der Waals surface area contributed by atoms with Crippen LogP contribution >= 0.6 is 0 Å². The second-order valence-corrected chi connectivity index (χ2v) is 3.52. The van der Waals surface area contributed by atoms with Crippen molar-refractivity contribution in [1.82, 2.24) is 4.57 Å². The molecule has 1 heterocycles. The molecule has 0 amide bonds. The first-order valence-corrected chi connectivity index (χ1v) is 5.04. The van der Waals surface area contributed by atoms with Gasteiger partial charge >= 0.3 is 5.76 Å². The first kappa shape index (κ1) is 11.8. The Morgan fingerprint density at radius 2 is 2.33 bits per heavy atom. The molecule has 7 nitrogen and oxygen atoms in total. The summed E-state index contributed by atoms with van der Waals surface area (Å²) in [6.45, 7) is 0. The van der Waals surface area contributed by atoms with Crippen LogP contribution in [0.3, 0.4) is 0 Å². The van der Waals surface area contributed by atoms with Crippen molar-refractivity contribution in [2.75, 3.05) is 5.43 Å². The molecule has 7 heteroatoms. The number of hydrogen-bond donors (Lipinski definition) is 2. The molecule has 0 fully saturated rings. The molecule has 1 aromatic carbocycles. The van der Waals surface area contributed by atoms with Crippen molar-refractivity contribution < 1.29 is 9.21 Å². The lowest BCUT2D eigenvalue weighted by molar-refractivity contribution is -0.102. The van der Waals surface area contributed by atoms with Crippen LogP contribution in [0.1, 0.15) is 0 Å². The number of fused-ring (bicyclic) bond motifs is 1. The number of benzene rings is 1. The van der Waals surface area contributed by atoms with Gasteiger partial charge in [-0.3, -0.25) is 14.8 Å². The Bertz CT molecular complexity index is 686. The number of nitrogens with one attached hydrogen (secondary N) is 2. The summed E-state index contributed by atoms with van der Waals surface area (Å²) in [5, 5.41) is 10.6. The van der Waals surface area contributed by atoms with Gasteiger partial charge < -0.3 is 9.83 Å². The fourth-order valence-electron chi connectivity index (χ4n) is 1.42. The summed E-state index contributed by atoms with van der Waals surface area (Å²) >= 11 is 0.